The molecule has 0 saturated carbocycles. The van der Waals surface area contributed by atoms with Gasteiger partial charge in [0.25, 0.3) is 0 Å². The van der Waals surface area contributed by atoms with Crippen molar-refractivity contribution in [2.45, 2.75) is 12.8 Å². The number of carbonyl (C=O) groups excluding carboxylic acids is 3. The zero-order valence-electron chi connectivity index (χ0n) is 10.6. The van der Waals surface area contributed by atoms with Crippen LogP contribution in [0.2, 0.25) is 0 Å². The van der Waals surface area contributed by atoms with Crippen LogP contribution in [0.5, 0.6) is 0 Å². The predicted octanol–water partition coefficient (Wildman–Crippen LogP) is 1.08. The van der Waals surface area contributed by atoms with Crippen LogP contribution in [0.3, 0.4) is 0 Å². The number of benzene rings is 1. The van der Waals surface area contributed by atoms with Gasteiger partial charge in [-0.2, -0.15) is 4.99 Å². The van der Waals surface area contributed by atoms with E-state index in [1.165, 1.54) is 20.3 Å². The first-order valence-corrected chi connectivity index (χ1v) is 5.43. The number of carbonyl (C=O) groups is 2. The van der Waals surface area contributed by atoms with E-state index in [0.29, 0.717) is 16.8 Å². The van der Waals surface area contributed by atoms with Crippen molar-refractivity contribution in [1.82, 2.24) is 0 Å². The van der Waals surface area contributed by atoms with Crippen LogP contribution in [0.4, 0.5) is 5.69 Å². The summed E-state index contributed by atoms with van der Waals surface area (Å²) >= 11 is 0. The molecule has 0 radical (unpaired) electrons. The van der Waals surface area contributed by atoms with Gasteiger partial charge in [-0.3, -0.25) is 9.59 Å². The highest BCUT2D eigenvalue weighted by molar-refractivity contribution is 5.75. The van der Waals surface area contributed by atoms with Crippen molar-refractivity contribution in [3.8, 4) is 0 Å². The van der Waals surface area contributed by atoms with Gasteiger partial charge in [0, 0.05) is 0 Å². The largest absolute Gasteiger partial charge is 0.469 e. The molecule has 1 aromatic rings. The zero-order valence-corrected chi connectivity index (χ0v) is 10.6. The highest BCUT2D eigenvalue weighted by atomic mass is 16.5. The lowest BCUT2D eigenvalue weighted by molar-refractivity contribution is -0.140. The summed E-state index contributed by atoms with van der Waals surface area (Å²) in [6.07, 6.45) is 1.48. The third-order valence-corrected chi connectivity index (χ3v) is 2.36. The van der Waals surface area contributed by atoms with Crippen molar-refractivity contribution < 1.29 is 23.9 Å². The summed E-state index contributed by atoms with van der Waals surface area (Å²) in [7, 11) is 2.57. The lowest BCUT2D eigenvalue weighted by Crippen LogP contribution is -2.07. The number of hydrogen-bond donors (Lipinski definition) is 0. The van der Waals surface area contributed by atoms with Gasteiger partial charge in [-0.15, -0.1) is 0 Å². The van der Waals surface area contributed by atoms with Crippen molar-refractivity contribution in [1.29, 1.82) is 0 Å². The van der Waals surface area contributed by atoms with Crippen molar-refractivity contribution in [2.24, 2.45) is 4.99 Å². The Hall–Kier alpha value is -2.46. The van der Waals surface area contributed by atoms with E-state index in [4.69, 9.17) is 0 Å². The number of methoxy groups -OCH3 is 2. The van der Waals surface area contributed by atoms with E-state index >= 15 is 0 Å². The summed E-state index contributed by atoms with van der Waals surface area (Å²) in [5.41, 5.74) is 1.53. The molecule has 6 nitrogen and oxygen atoms in total. The van der Waals surface area contributed by atoms with Crippen LogP contribution in [0.25, 0.3) is 0 Å². The Labute approximate surface area is 110 Å². The lowest BCUT2D eigenvalue weighted by Gasteiger charge is -2.05. The number of rotatable bonds is 5. The Kier molecular flexibility index (Phi) is 5.44. The lowest BCUT2D eigenvalue weighted by atomic mass is 10.0. The first-order valence-electron chi connectivity index (χ1n) is 5.43. The van der Waals surface area contributed by atoms with E-state index in [2.05, 4.69) is 14.5 Å². The maximum absolute atomic E-state index is 11.2. The number of aliphatic imine (C=N–C) groups is 1. The molecule has 0 saturated heterocycles. The van der Waals surface area contributed by atoms with E-state index in [1.807, 2.05) is 0 Å². The first kappa shape index (κ1) is 14.6. The molecule has 0 unspecified atom stereocenters. The Balaban J connectivity index is 3.06. The van der Waals surface area contributed by atoms with Gasteiger partial charge in [0.2, 0.25) is 6.08 Å². The molecule has 0 atom stereocenters. The summed E-state index contributed by atoms with van der Waals surface area (Å²) in [4.78, 5) is 36.2. The molecule has 0 spiro atoms. The van der Waals surface area contributed by atoms with E-state index in [1.54, 1.807) is 18.2 Å². The maximum Gasteiger partial charge on any atom is 0.309 e. The van der Waals surface area contributed by atoms with Crippen LogP contribution in [0, 0.1) is 0 Å². The molecular formula is C13H13NO5. The van der Waals surface area contributed by atoms with Gasteiger partial charge >= 0.3 is 11.9 Å². The highest BCUT2D eigenvalue weighted by Crippen LogP contribution is 2.19. The summed E-state index contributed by atoms with van der Waals surface area (Å²) < 4.78 is 9.12. The van der Waals surface area contributed by atoms with Gasteiger partial charge in [0.1, 0.15) is 0 Å². The van der Waals surface area contributed by atoms with Crippen LogP contribution in [-0.2, 0) is 36.7 Å². The monoisotopic (exact) mass is 263 g/mol. The average Bonchev–Trinajstić information content (AvgIpc) is 2.38. The van der Waals surface area contributed by atoms with E-state index in [0.717, 1.165) is 0 Å². The van der Waals surface area contributed by atoms with Crippen LogP contribution in [0.1, 0.15) is 11.1 Å². The molecule has 0 aromatic heterocycles. The van der Waals surface area contributed by atoms with Gasteiger partial charge in [0.05, 0.1) is 32.7 Å². The number of isocyanates is 1. The fraction of sp³-hybridized carbons (Fsp3) is 0.308. The smallest absolute Gasteiger partial charge is 0.309 e. The number of esters is 2. The van der Waals surface area contributed by atoms with Gasteiger partial charge < -0.3 is 9.47 Å². The summed E-state index contributed by atoms with van der Waals surface area (Å²) in [6.45, 7) is 0. The second-order valence-corrected chi connectivity index (χ2v) is 3.72. The summed E-state index contributed by atoms with van der Waals surface area (Å²) in [5, 5.41) is 0. The normalized spacial score (nSPS) is 9.37. The van der Waals surface area contributed by atoms with E-state index < -0.39 is 11.9 Å². The van der Waals surface area contributed by atoms with Crippen molar-refractivity contribution in [2.75, 3.05) is 14.2 Å². The topological polar surface area (TPSA) is 82.0 Å². The van der Waals surface area contributed by atoms with Crippen molar-refractivity contribution in [3.63, 3.8) is 0 Å². The van der Waals surface area contributed by atoms with E-state index in [9.17, 15) is 14.4 Å². The van der Waals surface area contributed by atoms with Crippen LogP contribution >= 0.6 is 0 Å². The zero-order chi connectivity index (χ0) is 14.3. The van der Waals surface area contributed by atoms with Crippen molar-refractivity contribution in [3.05, 3.63) is 29.3 Å². The third-order valence-electron chi connectivity index (χ3n) is 2.36. The minimum absolute atomic E-state index is 0.0346. The molecule has 0 N–H and O–H groups in total. The SMILES string of the molecule is COC(=O)Cc1cc(CC(=O)OC)cc(N=C=O)c1. The fourth-order valence-electron chi connectivity index (χ4n) is 1.54. The fourth-order valence-corrected chi connectivity index (χ4v) is 1.54. The molecule has 0 fully saturated rings. The predicted molar refractivity (Wildman–Crippen MR) is 65.7 cm³/mol. The molecule has 1 aromatic carbocycles. The quantitative estimate of drug-likeness (QED) is 0.451. The van der Waals surface area contributed by atoms with Gasteiger partial charge in [-0.1, -0.05) is 6.07 Å². The third kappa shape index (κ3) is 4.73. The molecule has 100 valence electrons. The minimum Gasteiger partial charge on any atom is -0.469 e. The maximum atomic E-state index is 11.2. The standard InChI is InChI=1S/C13H13NO5/c1-18-12(16)6-9-3-10(7-13(17)19-2)5-11(4-9)14-8-15/h3-5H,6-7H2,1-2H3. The molecule has 6 heteroatoms. The molecular weight excluding hydrogens is 250 g/mol. The summed E-state index contributed by atoms with van der Waals surface area (Å²) in [6, 6.07) is 4.78. The molecule has 0 amide bonds. The molecule has 0 aliphatic carbocycles. The Morgan fingerprint density at radius 2 is 1.53 bits per heavy atom. The Morgan fingerprint density at radius 3 is 1.89 bits per heavy atom. The molecule has 19 heavy (non-hydrogen) atoms. The van der Waals surface area contributed by atoms with Gasteiger partial charge in [-0.25, -0.2) is 4.79 Å². The average molecular weight is 263 g/mol. The number of nitrogens with zero attached hydrogens (tertiary/aromatic N) is 1. The van der Waals surface area contributed by atoms with Crippen LogP contribution in [0.15, 0.2) is 23.2 Å². The molecule has 0 bridgehead atoms. The first-order chi connectivity index (χ1) is 9.08. The molecule has 0 aliphatic rings. The molecule has 1 rings (SSSR count). The minimum atomic E-state index is -0.420. The second-order valence-electron chi connectivity index (χ2n) is 3.72. The number of hydrogen-bond acceptors (Lipinski definition) is 6. The second kappa shape index (κ2) is 7.08. The molecule has 0 aliphatic heterocycles. The van der Waals surface area contributed by atoms with Crippen molar-refractivity contribution >= 4 is 23.7 Å². The van der Waals surface area contributed by atoms with Crippen LogP contribution < -0.4 is 0 Å². The summed E-state index contributed by atoms with van der Waals surface area (Å²) in [5.74, 6) is -0.840. The van der Waals surface area contributed by atoms with Crippen LogP contribution in [-0.4, -0.2) is 32.2 Å². The molecule has 0 heterocycles. The highest BCUT2D eigenvalue weighted by Gasteiger charge is 2.09. The van der Waals surface area contributed by atoms with Gasteiger partial charge in [0.15, 0.2) is 0 Å². The van der Waals surface area contributed by atoms with Gasteiger partial charge in [-0.05, 0) is 23.3 Å². The van der Waals surface area contributed by atoms with E-state index in [-0.39, 0.29) is 12.8 Å². The number of ether oxygens (including phenoxy) is 2. The Bertz CT molecular complexity index is 496. The Morgan fingerprint density at radius 1 is 1.05 bits per heavy atom.